The molecule has 1 aromatic rings. The molecule has 1 aliphatic heterocycles. The molecule has 0 bridgehead atoms. The van der Waals surface area contributed by atoms with Crippen molar-refractivity contribution in [2.24, 2.45) is 0 Å². The summed E-state index contributed by atoms with van der Waals surface area (Å²) in [5.74, 6) is -0.109. The van der Waals surface area contributed by atoms with Crippen molar-refractivity contribution in [1.82, 2.24) is 10.6 Å². The van der Waals surface area contributed by atoms with Gasteiger partial charge < -0.3 is 15.7 Å². The minimum Gasteiger partial charge on any atom is -0.507 e. The number of carbonyl (C=O) groups excluding carboxylic acids is 1. The largest absolute Gasteiger partial charge is 0.507 e. The summed E-state index contributed by atoms with van der Waals surface area (Å²) in [4.78, 5) is 12.3. The second-order valence-corrected chi connectivity index (χ2v) is 6.45. The second-order valence-electron chi connectivity index (χ2n) is 6.45. The molecule has 1 saturated carbocycles. The number of hydrogen-bond donors (Lipinski definition) is 3. The Morgan fingerprint density at radius 2 is 2.00 bits per heavy atom. The zero-order valence-electron chi connectivity index (χ0n) is 12.4. The van der Waals surface area contributed by atoms with Crippen molar-refractivity contribution in [2.45, 2.75) is 56.5 Å². The van der Waals surface area contributed by atoms with E-state index >= 15 is 0 Å². The summed E-state index contributed by atoms with van der Waals surface area (Å²) in [6.45, 7) is 0.964. The average Bonchev–Trinajstić information content (AvgIpc) is 2.48. The summed E-state index contributed by atoms with van der Waals surface area (Å²) >= 11 is 0. The summed E-state index contributed by atoms with van der Waals surface area (Å²) < 4.78 is 0. The fourth-order valence-electron chi connectivity index (χ4n) is 3.82. The molecule has 3 rings (SSSR count). The standard InChI is InChI=1S/C17H24N2O2/c20-15-7-3-2-6-14(15)16(21)19-13-8-11-18-17(12-13)9-4-1-5-10-17/h2-3,6-7,13,18,20H,1,4-5,8-12H2,(H,19,21). The molecule has 114 valence electrons. The molecule has 4 nitrogen and oxygen atoms in total. The van der Waals surface area contributed by atoms with Crippen LogP contribution < -0.4 is 10.6 Å². The van der Waals surface area contributed by atoms with Gasteiger partial charge in [0.2, 0.25) is 0 Å². The van der Waals surface area contributed by atoms with Crippen LogP contribution in [-0.2, 0) is 0 Å². The fraction of sp³-hybridized carbons (Fsp3) is 0.588. The minimum atomic E-state index is -0.161. The highest BCUT2D eigenvalue weighted by Gasteiger charge is 2.37. The van der Waals surface area contributed by atoms with Crippen LogP contribution in [0, 0.1) is 0 Å². The summed E-state index contributed by atoms with van der Waals surface area (Å²) in [5, 5.41) is 16.6. The van der Waals surface area contributed by atoms with Crippen LogP contribution >= 0.6 is 0 Å². The molecular weight excluding hydrogens is 264 g/mol. The molecule has 1 atom stereocenters. The van der Waals surface area contributed by atoms with Crippen molar-refractivity contribution in [3.05, 3.63) is 29.8 Å². The Morgan fingerprint density at radius 1 is 1.24 bits per heavy atom. The van der Waals surface area contributed by atoms with E-state index in [1.54, 1.807) is 24.3 Å². The number of piperidine rings is 1. The molecule has 2 fully saturated rings. The lowest BCUT2D eigenvalue weighted by Gasteiger charge is -2.44. The Hall–Kier alpha value is -1.55. The average molecular weight is 288 g/mol. The monoisotopic (exact) mass is 288 g/mol. The molecular formula is C17H24N2O2. The van der Waals surface area contributed by atoms with Gasteiger partial charge in [-0.1, -0.05) is 31.4 Å². The smallest absolute Gasteiger partial charge is 0.255 e. The maximum absolute atomic E-state index is 12.3. The molecule has 1 saturated heterocycles. The number of aromatic hydroxyl groups is 1. The van der Waals surface area contributed by atoms with Crippen LogP contribution in [0.5, 0.6) is 5.75 Å². The molecule has 3 N–H and O–H groups in total. The third-order valence-electron chi connectivity index (χ3n) is 4.92. The number of benzene rings is 1. The Labute approximate surface area is 125 Å². The predicted octanol–water partition coefficient (Wildman–Crippen LogP) is 2.58. The third-order valence-corrected chi connectivity index (χ3v) is 4.92. The first kappa shape index (κ1) is 14.4. The lowest BCUT2D eigenvalue weighted by atomic mass is 9.75. The van der Waals surface area contributed by atoms with E-state index in [-0.39, 0.29) is 23.2 Å². The maximum atomic E-state index is 12.3. The molecule has 4 heteroatoms. The molecule has 2 aliphatic rings. The van der Waals surface area contributed by atoms with Crippen molar-refractivity contribution in [1.29, 1.82) is 0 Å². The van der Waals surface area contributed by atoms with Gasteiger partial charge >= 0.3 is 0 Å². The summed E-state index contributed by atoms with van der Waals surface area (Å²) in [6, 6.07) is 6.94. The van der Waals surface area contributed by atoms with Crippen LogP contribution in [0.3, 0.4) is 0 Å². The molecule has 1 aromatic carbocycles. The molecule has 1 spiro atoms. The van der Waals surface area contributed by atoms with E-state index in [0.717, 1.165) is 19.4 Å². The van der Waals surface area contributed by atoms with Crippen LogP contribution in [0.4, 0.5) is 0 Å². The van der Waals surface area contributed by atoms with Gasteiger partial charge in [-0.25, -0.2) is 0 Å². The van der Waals surface area contributed by atoms with Gasteiger partial charge in [0.15, 0.2) is 0 Å². The molecule has 1 unspecified atom stereocenters. The Kier molecular flexibility index (Phi) is 4.15. The van der Waals surface area contributed by atoms with Gasteiger partial charge in [-0.3, -0.25) is 4.79 Å². The van der Waals surface area contributed by atoms with Gasteiger partial charge in [0.25, 0.3) is 5.91 Å². The van der Waals surface area contributed by atoms with Crippen molar-refractivity contribution in [3.8, 4) is 5.75 Å². The Balaban J connectivity index is 1.65. The summed E-state index contributed by atoms with van der Waals surface area (Å²) in [6.07, 6.45) is 8.30. The van der Waals surface area contributed by atoms with E-state index < -0.39 is 0 Å². The van der Waals surface area contributed by atoms with Crippen LogP contribution in [0.1, 0.15) is 55.3 Å². The lowest BCUT2D eigenvalue weighted by molar-refractivity contribution is 0.0890. The highest BCUT2D eigenvalue weighted by atomic mass is 16.3. The SMILES string of the molecule is O=C(NC1CCNC2(CCCCC2)C1)c1ccccc1O. The Morgan fingerprint density at radius 3 is 2.76 bits per heavy atom. The lowest BCUT2D eigenvalue weighted by Crippen LogP contribution is -2.57. The van der Waals surface area contributed by atoms with Gasteiger partial charge in [-0.2, -0.15) is 0 Å². The minimum absolute atomic E-state index is 0.0521. The number of amides is 1. The second kappa shape index (κ2) is 6.06. The van der Waals surface area contributed by atoms with Crippen LogP contribution in [0.25, 0.3) is 0 Å². The zero-order chi connectivity index (χ0) is 14.7. The molecule has 0 aromatic heterocycles. The quantitative estimate of drug-likeness (QED) is 0.784. The summed E-state index contributed by atoms with van der Waals surface area (Å²) in [7, 11) is 0. The fourth-order valence-corrected chi connectivity index (χ4v) is 3.82. The van der Waals surface area contributed by atoms with E-state index in [0.29, 0.717) is 5.56 Å². The Bertz CT molecular complexity index is 504. The molecule has 1 heterocycles. The highest BCUT2D eigenvalue weighted by Crippen LogP contribution is 2.34. The van der Waals surface area contributed by atoms with Gasteiger partial charge in [-0.05, 0) is 44.4 Å². The number of rotatable bonds is 2. The zero-order valence-corrected chi connectivity index (χ0v) is 12.4. The van der Waals surface area contributed by atoms with Crippen molar-refractivity contribution < 1.29 is 9.90 Å². The van der Waals surface area contributed by atoms with Crippen LogP contribution in [0.15, 0.2) is 24.3 Å². The first-order chi connectivity index (χ1) is 10.2. The van der Waals surface area contributed by atoms with Crippen molar-refractivity contribution in [3.63, 3.8) is 0 Å². The van der Waals surface area contributed by atoms with Gasteiger partial charge in [-0.15, -0.1) is 0 Å². The number of hydrogen-bond acceptors (Lipinski definition) is 3. The summed E-state index contributed by atoms with van der Waals surface area (Å²) in [5.41, 5.74) is 0.599. The van der Waals surface area contributed by atoms with E-state index in [1.165, 1.54) is 32.1 Å². The number of carbonyl (C=O) groups is 1. The molecule has 1 aliphatic carbocycles. The van der Waals surface area contributed by atoms with Crippen LogP contribution in [-0.4, -0.2) is 29.1 Å². The van der Waals surface area contributed by atoms with Crippen molar-refractivity contribution in [2.75, 3.05) is 6.54 Å². The van der Waals surface area contributed by atoms with E-state index in [1.807, 2.05) is 0 Å². The normalized spacial score (nSPS) is 24.7. The number of para-hydroxylation sites is 1. The topological polar surface area (TPSA) is 61.4 Å². The van der Waals surface area contributed by atoms with Crippen LogP contribution in [0.2, 0.25) is 0 Å². The third kappa shape index (κ3) is 3.21. The molecule has 0 radical (unpaired) electrons. The maximum Gasteiger partial charge on any atom is 0.255 e. The molecule has 21 heavy (non-hydrogen) atoms. The van der Waals surface area contributed by atoms with Gasteiger partial charge in [0.05, 0.1) is 5.56 Å². The first-order valence-electron chi connectivity index (χ1n) is 8.02. The number of nitrogens with one attached hydrogen (secondary N) is 2. The number of phenolic OH excluding ortho intramolecular Hbond substituents is 1. The predicted molar refractivity (Wildman–Crippen MR) is 82.4 cm³/mol. The first-order valence-corrected chi connectivity index (χ1v) is 8.02. The number of phenols is 1. The van der Waals surface area contributed by atoms with Gasteiger partial charge in [0.1, 0.15) is 5.75 Å². The van der Waals surface area contributed by atoms with E-state index in [2.05, 4.69) is 10.6 Å². The van der Waals surface area contributed by atoms with E-state index in [4.69, 9.17) is 0 Å². The van der Waals surface area contributed by atoms with Gasteiger partial charge in [0, 0.05) is 11.6 Å². The van der Waals surface area contributed by atoms with E-state index in [9.17, 15) is 9.90 Å². The highest BCUT2D eigenvalue weighted by molar-refractivity contribution is 5.96. The van der Waals surface area contributed by atoms with Crippen molar-refractivity contribution >= 4 is 5.91 Å². The molecule has 1 amide bonds.